The van der Waals surface area contributed by atoms with Gasteiger partial charge in [0.2, 0.25) is 0 Å². The molecule has 1 atom stereocenters. The number of aromatic nitrogens is 3. The molecule has 2 heterocycles. The monoisotopic (exact) mass is 306 g/mol. The first-order chi connectivity index (χ1) is 10.2. The highest BCUT2D eigenvalue weighted by molar-refractivity contribution is 6.29. The van der Waals surface area contributed by atoms with Crippen molar-refractivity contribution < 1.29 is 0 Å². The summed E-state index contributed by atoms with van der Waals surface area (Å²) in [7, 11) is 1.96. The van der Waals surface area contributed by atoms with Crippen molar-refractivity contribution in [3.05, 3.63) is 40.7 Å². The molecule has 114 valence electrons. The van der Waals surface area contributed by atoms with Crippen LogP contribution in [0.1, 0.15) is 49.2 Å². The Kier molecular flexibility index (Phi) is 4.36. The van der Waals surface area contributed by atoms with E-state index in [4.69, 9.17) is 11.6 Å². The molecule has 4 nitrogen and oxygen atoms in total. The van der Waals surface area contributed by atoms with Gasteiger partial charge in [-0.2, -0.15) is 0 Å². The van der Waals surface area contributed by atoms with Crippen LogP contribution in [0, 0.1) is 0 Å². The number of nitrogens with zero attached hydrogens (tertiary/aromatic N) is 3. The van der Waals surface area contributed by atoms with Crippen molar-refractivity contribution in [3.8, 4) is 0 Å². The van der Waals surface area contributed by atoms with Crippen molar-refractivity contribution in [1.82, 2.24) is 19.4 Å². The number of imidazole rings is 1. The van der Waals surface area contributed by atoms with E-state index in [-0.39, 0.29) is 0 Å². The first-order valence-electron chi connectivity index (χ1n) is 7.77. The second-order valence-electron chi connectivity index (χ2n) is 5.82. The van der Waals surface area contributed by atoms with Crippen LogP contribution in [0.4, 0.5) is 0 Å². The lowest BCUT2D eigenvalue weighted by Crippen LogP contribution is -2.20. The van der Waals surface area contributed by atoms with Crippen LogP contribution in [0.25, 0.3) is 0 Å². The molecular formula is C16H23ClN4. The van der Waals surface area contributed by atoms with Gasteiger partial charge < -0.3 is 14.5 Å². The molecule has 0 aromatic carbocycles. The van der Waals surface area contributed by atoms with Crippen LogP contribution >= 0.6 is 11.6 Å². The van der Waals surface area contributed by atoms with Crippen LogP contribution in [0.15, 0.2) is 18.6 Å². The number of fused-ring (bicyclic) bond motifs is 1. The predicted octanol–water partition coefficient (Wildman–Crippen LogP) is 3.30. The SMILES string of the molecule is CCNC1CCCCc2cn(Cc3ncc(Cl)n3C)cc21. The maximum absolute atomic E-state index is 6.06. The first kappa shape index (κ1) is 14.7. The van der Waals surface area contributed by atoms with E-state index in [1.807, 2.05) is 11.6 Å². The molecule has 0 saturated heterocycles. The molecule has 1 aliphatic carbocycles. The minimum atomic E-state index is 0.499. The van der Waals surface area contributed by atoms with Gasteiger partial charge in [-0.15, -0.1) is 0 Å². The van der Waals surface area contributed by atoms with Gasteiger partial charge in [-0.25, -0.2) is 4.98 Å². The third kappa shape index (κ3) is 3.01. The average Bonchev–Trinajstić information content (AvgIpc) is 2.95. The summed E-state index contributed by atoms with van der Waals surface area (Å²) in [6, 6.07) is 0.499. The molecule has 1 aliphatic rings. The quantitative estimate of drug-likeness (QED) is 0.880. The molecule has 5 heteroatoms. The Morgan fingerprint density at radius 2 is 2.24 bits per heavy atom. The highest BCUT2D eigenvalue weighted by Crippen LogP contribution is 2.29. The van der Waals surface area contributed by atoms with Gasteiger partial charge in [-0.05, 0) is 36.9 Å². The molecule has 0 bridgehead atoms. The van der Waals surface area contributed by atoms with Gasteiger partial charge in [0.15, 0.2) is 0 Å². The van der Waals surface area contributed by atoms with Crippen LogP contribution in [0.3, 0.4) is 0 Å². The zero-order valence-corrected chi connectivity index (χ0v) is 13.5. The lowest BCUT2D eigenvalue weighted by Gasteiger charge is -2.15. The second-order valence-corrected chi connectivity index (χ2v) is 6.21. The molecule has 0 radical (unpaired) electrons. The van der Waals surface area contributed by atoms with E-state index in [1.165, 1.54) is 36.8 Å². The number of rotatable bonds is 4. The van der Waals surface area contributed by atoms with Gasteiger partial charge in [-0.3, -0.25) is 0 Å². The van der Waals surface area contributed by atoms with E-state index >= 15 is 0 Å². The number of hydrogen-bond donors (Lipinski definition) is 1. The van der Waals surface area contributed by atoms with E-state index in [0.717, 1.165) is 18.9 Å². The Morgan fingerprint density at radius 3 is 2.95 bits per heavy atom. The minimum absolute atomic E-state index is 0.499. The van der Waals surface area contributed by atoms with Crippen molar-refractivity contribution >= 4 is 11.6 Å². The fourth-order valence-corrected chi connectivity index (χ4v) is 3.35. The first-order valence-corrected chi connectivity index (χ1v) is 8.15. The number of hydrogen-bond acceptors (Lipinski definition) is 2. The molecule has 21 heavy (non-hydrogen) atoms. The smallest absolute Gasteiger partial charge is 0.129 e. The molecule has 1 N–H and O–H groups in total. The largest absolute Gasteiger partial charge is 0.346 e. The summed E-state index contributed by atoms with van der Waals surface area (Å²) in [6.07, 6.45) is 11.3. The molecule has 1 unspecified atom stereocenters. The standard InChI is InChI=1S/C16H23ClN4/c1-3-18-14-7-5-4-6-12-9-21(10-13(12)14)11-16-19-8-15(17)20(16)2/h8-10,14,18H,3-7,11H2,1-2H3. The van der Waals surface area contributed by atoms with Gasteiger partial charge >= 0.3 is 0 Å². The lowest BCUT2D eigenvalue weighted by molar-refractivity contribution is 0.502. The average molecular weight is 307 g/mol. The molecule has 0 fully saturated rings. The number of nitrogens with one attached hydrogen (secondary N) is 1. The van der Waals surface area contributed by atoms with Gasteiger partial charge in [0, 0.05) is 25.5 Å². The Hall–Kier alpha value is -1.26. The zero-order valence-electron chi connectivity index (χ0n) is 12.8. The second kappa shape index (κ2) is 6.24. The van der Waals surface area contributed by atoms with Crippen LogP contribution in [-0.4, -0.2) is 20.7 Å². The van der Waals surface area contributed by atoms with E-state index in [0.29, 0.717) is 11.2 Å². The minimum Gasteiger partial charge on any atom is -0.346 e. The summed E-state index contributed by atoms with van der Waals surface area (Å²) in [5.74, 6) is 0.991. The van der Waals surface area contributed by atoms with Crippen LogP contribution in [0.5, 0.6) is 0 Å². The molecule has 0 aliphatic heterocycles. The highest BCUT2D eigenvalue weighted by atomic mass is 35.5. The Bertz CT molecular complexity index is 614. The Morgan fingerprint density at radius 1 is 1.38 bits per heavy atom. The molecule has 0 amide bonds. The maximum Gasteiger partial charge on any atom is 0.129 e. The molecular weight excluding hydrogens is 284 g/mol. The summed E-state index contributed by atoms with van der Waals surface area (Å²) in [6.45, 7) is 3.97. The van der Waals surface area contributed by atoms with Crippen molar-refractivity contribution in [1.29, 1.82) is 0 Å². The fourth-order valence-electron chi connectivity index (χ4n) is 3.20. The van der Waals surface area contributed by atoms with Crippen LogP contribution < -0.4 is 5.32 Å². The lowest BCUT2D eigenvalue weighted by atomic mass is 10.0. The maximum atomic E-state index is 6.06. The summed E-state index contributed by atoms with van der Waals surface area (Å²) >= 11 is 6.06. The van der Waals surface area contributed by atoms with Crippen molar-refractivity contribution in [2.24, 2.45) is 7.05 Å². The molecule has 2 aromatic rings. The number of aryl methyl sites for hydroxylation is 1. The zero-order chi connectivity index (χ0) is 14.8. The van der Waals surface area contributed by atoms with E-state index in [9.17, 15) is 0 Å². The van der Waals surface area contributed by atoms with Gasteiger partial charge in [0.1, 0.15) is 11.0 Å². The Balaban J connectivity index is 1.85. The molecule has 0 spiro atoms. The molecule has 2 aromatic heterocycles. The third-order valence-corrected chi connectivity index (χ3v) is 4.72. The van der Waals surface area contributed by atoms with E-state index in [2.05, 4.69) is 34.2 Å². The summed E-state index contributed by atoms with van der Waals surface area (Å²) in [5.41, 5.74) is 2.95. The van der Waals surface area contributed by atoms with Gasteiger partial charge in [0.05, 0.1) is 12.7 Å². The molecule has 0 saturated carbocycles. The topological polar surface area (TPSA) is 34.8 Å². The predicted molar refractivity (Wildman–Crippen MR) is 85.7 cm³/mol. The van der Waals surface area contributed by atoms with Crippen LogP contribution in [0.2, 0.25) is 5.15 Å². The van der Waals surface area contributed by atoms with Gasteiger partial charge in [-0.1, -0.05) is 24.9 Å². The summed E-state index contributed by atoms with van der Waals surface area (Å²) in [4.78, 5) is 4.39. The Labute approximate surface area is 131 Å². The third-order valence-electron chi connectivity index (χ3n) is 4.36. The fraction of sp³-hybridized carbons (Fsp3) is 0.562. The van der Waals surface area contributed by atoms with E-state index in [1.54, 1.807) is 6.20 Å². The summed E-state index contributed by atoms with van der Waals surface area (Å²) in [5, 5.41) is 4.30. The van der Waals surface area contributed by atoms with Crippen molar-refractivity contribution in [2.45, 2.75) is 45.2 Å². The summed E-state index contributed by atoms with van der Waals surface area (Å²) < 4.78 is 4.19. The highest BCUT2D eigenvalue weighted by Gasteiger charge is 2.20. The normalized spacial score (nSPS) is 18.5. The molecule has 3 rings (SSSR count). The van der Waals surface area contributed by atoms with Crippen molar-refractivity contribution in [3.63, 3.8) is 0 Å². The van der Waals surface area contributed by atoms with E-state index < -0.39 is 0 Å². The van der Waals surface area contributed by atoms with Gasteiger partial charge in [0.25, 0.3) is 0 Å². The van der Waals surface area contributed by atoms with Crippen LogP contribution in [-0.2, 0) is 20.0 Å². The van der Waals surface area contributed by atoms with Crippen molar-refractivity contribution in [2.75, 3.05) is 6.54 Å². The number of halogens is 1.